The molecule has 0 fully saturated rings. The molecule has 0 amide bonds. The Morgan fingerprint density at radius 1 is 0.889 bits per heavy atom. The Kier molecular flexibility index (Phi) is 4.49. The van der Waals surface area contributed by atoms with Gasteiger partial charge < -0.3 is 0 Å². The van der Waals surface area contributed by atoms with Crippen molar-refractivity contribution in [1.29, 1.82) is 0 Å². The molecule has 0 aromatic heterocycles. The maximum Gasteiger partial charge on any atom is 0.141 e. The lowest BCUT2D eigenvalue weighted by molar-refractivity contribution is 0.626. The first-order valence-corrected chi connectivity index (χ1v) is 6.82. The molecule has 94 valence electrons. The van der Waals surface area contributed by atoms with Crippen molar-refractivity contribution in [2.24, 2.45) is 0 Å². The molecule has 0 N–H and O–H groups in total. The summed E-state index contributed by atoms with van der Waals surface area (Å²) in [4.78, 5) is 0.849. The number of thioether (sulfide) groups is 1. The van der Waals surface area contributed by atoms with Crippen LogP contribution in [-0.2, 0) is 5.75 Å². The fourth-order valence-electron chi connectivity index (χ4n) is 1.36. The zero-order valence-corrected chi connectivity index (χ0v) is 11.4. The van der Waals surface area contributed by atoms with Crippen LogP contribution in [-0.4, -0.2) is 0 Å². The van der Waals surface area contributed by atoms with Crippen molar-refractivity contribution < 1.29 is 8.78 Å². The highest BCUT2D eigenvalue weighted by molar-refractivity contribution is 7.98. The third-order valence-electron chi connectivity index (χ3n) is 2.28. The molecule has 0 aliphatic rings. The lowest BCUT2D eigenvalue weighted by atomic mass is 10.2. The first-order chi connectivity index (χ1) is 8.56. The Labute approximate surface area is 118 Å². The van der Waals surface area contributed by atoms with E-state index < -0.39 is 11.6 Å². The van der Waals surface area contributed by atoms with Crippen molar-refractivity contribution >= 4 is 35.0 Å². The van der Waals surface area contributed by atoms with Crippen LogP contribution in [0.25, 0.3) is 0 Å². The molecule has 0 nitrogen and oxygen atoms in total. The van der Waals surface area contributed by atoms with Crippen molar-refractivity contribution in [3.05, 3.63) is 63.6 Å². The molecule has 0 spiro atoms. The van der Waals surface area contributed by atoms with E-state index in [4.69, 9.17) is 23.2 Å². The molecule has 0 saturated carbocycles. The van der Waals surface area contributed by atoms with Crippen molar-refractivity contribution in [2.45, 2.75) is 10.6 Å². The average Bonchev–Trinajstić information content (AvgIpc) is 2.35. The van der Waals surface area contributed by atoms with Crippen LogP contribution in [0.15, 0.2) is 41.3 Å². The van der Waals surface area contributed by atoms with Gasteiger partial charge in [0.2, 0.25) is 0 Å². The van der Waals surface area contributed by atoms with Crippen molar-refractivity contribution in [2.75, 3.05) is 0 Å². The molecular formula is C13H8Cl2F2S. The van der Waals surface area contributed by atoms with E-state index in [0.717, 1.165) is 10.5 Å². The van der Waals surface area contributed by atoms with Crippen molar-refractivity contribution in [1.82, 2.24) is 0 Å². The largest absolute Gasteiger partial charge is 0.205 e. The molecule has 5 heteroatoms. The zero-order chi connectivity index (χ0) is 13.1. The normalized spacial score (nSPS) is 10.7. The van der Waals surface area contributed by atoms with Gasteiger partial charge in [0.15, 0.2) is 0 Å². The van der Waals surface area contributed by atoms with Gasteiger partial charge in [0, 0.05) is 10.6 Å². The summed E-state index contributed by atoms with van der Waals surface area (Å²) in [5.41, 5.74) is 0.895. The Hall–Kier alpha value is -0.770. The minimum absolute atomic E-state index is 0.0946. The average molecular weight is 305 g/mol. The molecule has 0 unspecified atom stereocenters. The van der Waals surface area contributed by atoms with Gasteiger partial charge in [-0.15, -0.1) is 11.8 Å². The van der Waals surface area contributed by atoms with Gasteiger partial charge in [-0.1, -0.05) is 29.3 Å². The monoisotopic (exact) mass is 304 g/mol. The summed E-state index contributed by atoms with van der Waals surface area (Å²) in [6.45, 7) is 0. The van der Waals surface area contributed by atoms with E-state index in [-0.39, 0.29) is 10.0 Å². The molecule has 2 aromatic rings. The van der Waals surface area contributed by atoms with Gasteiger partial charge in [0.1, 0.15) is 11.6 Å². The van der Waals surface area contributed by atoms with Crippen LogP contribution in [0.4, 0.5) is 8.78 Å². The third-order valence-corrected chi connectivity index (χ3v) is 3.92. The molecule has 18 heavy (non-hydrogen) atoms. The summed E-state index contributed by atoms with van der Waals surface area (Å²) < 4.78 is 25.9. The summed E-state index contributed by atoms with van der Waals surface area (Å²) in [6, 6.07) is 9.11. The first-order valence-electron chi connectivity index (χ1n) is 5.08. The van der Waals surface area contributed by atoms with Gasteiger partial charge in [-0.05, 0) is 35.9 Å². The highest BCUT2D eigenvalue weighted by atomic mass is 35.5. The maximum atomic E-state index is 13.0. The van der Waals surface area contributed by atoms with Crippen LogP contribution in [0.2, 0.25) is 10.0 Å². The van der Waals surface area contributed by atoms with Gasteiger partial charge in [-0.2, -0.15) is 0 Å². The van der Waals surface area contributed by atoms with Crippen molar-refractivity contribution in [3.8, 4) is 0 Å². The molecule has 0 atom stereocenters. The molecule has 0 aliphatic carbocycles. The van der Waals surface area contributed by atoms with E-state index in [2.05, 4.69) is 0 Å². The van der Waals surface area contributed by atoms with E-state index in [1.165, 1.54) is 23.9 Å². The van der Waals surface area contributed by atoms with E-state index in [1.807, 2.05) is 0 Å². The Morgan fingerprint density at radius 2 is 1.50 bits per heavy atom. The van der Waals surface area contributed by atoms with Crippen LogP contribution in [0.5, 0.6) is 0 Å². The molecule has 0 heterocycles. The summed E-state index contributed by atoms with van der Waals surface area (Å²) >= 11 is 12.8. The van der Waals surface area contributed by atoms with Crippen LogP contribution in [0.3, 0.4) is 0 Å². The molecule has 2 aromatic carbocycles. The summed E-state index contributed by atoms with van der Waals surface area (Å²) in [5.74, 6) is -0.261. The molecule has 2 rings (SSSR count). The highest BCUT2D eigenvalue weighted by Crippen LogP contribution is 2.28. The number of hydrogen-bond donors (Lipinski definition) is 0. The van der Waals surface area contributed by atoms with Crippen molar-refractivity contribution in [3.63, 3.8) is 0 Å². The number of hydrogen-bond acceptors (Lipinski definition) is 1. The summed E-state index contributed by atoms with van der Waals surface area (Å²) in [6.07, 6.45) is 0. The molecule has 0 saturated heterocycles. The van der Waals surface area contributed by atoms with Crippen LogP contribution < -0.4 is 0 Å². The second-order valence-electron chi connectivity index (χ2n) is 3.61. The van der Waals surface area contributed by atoms with Gasteiger partial charge in [-0.25, -0.2) is 8.78 Å². The number of rotatable bonds is 3. The van der Waals surface area contributed by atoms with Gasteiger partial charge in [0.05, 0.1) is 10.0 Å². The first kappa shape index (κ1) is 13.7. The second kappa shape index (κ2) is 5.91. The lowest BCUT2D eigenvalue weighted by Gasteiger charge is -2.04. The molecule has 0 radical (unpaired) electrons. The summed E-state index contributed by atoms with van der Waals surface area (Å²) in [5, 5.41) is 0.197. The number of benzene rings is 2. The van der Waals surface area contributed by atoms with E-state index >= 15 is 0 Å². The lowest BCUT2D eigenvalue weighted by Crippen LogP contribution is -1.84. The fourth-order valence-corrected chi connectivity index (χ4v) is 2.69. The van der Waals surface area contributed by atoms with E-state index in [9.17, 15) is 8.78 Å². The fraction of sp³-hybridized carbons (Fsp3) is 0.0769. The van der Waals surface area contributed by atoms with Crippen LogP contribution in [0, 0.1) is 11.6 Å². The zero-order valence-electron chi connectivity index (χ0n) is 9.09. The predicted molar refractivity (Wildman–Crippen MR) is 72.4 cm³/mol. The Morgan fingerprint density at radius 3 is 2.11 bits per heavy atom. The van der Waals surface area contributed by atoms with Crippen LogP contribution in [0.1, 0.15) is 5.56 Å². The van der Waals surface area contributed by atoms with E-state index in [0.29, 0.717) is 5.75 Å². The second-order valence-corrected chi connectivity index (χ2v) is 5.48. The smallest absolute Gasteiger partial charge is 0.141 e. The minimum atomic E-state index is -0.439. The third kappa shape index (κ3) is 3.37. The maximum absolute atomic E-state index is 13.0. The topological polar surface area (TPSA) is 0 Å². The Balaban J connectivity index is 2.06. The van der Waals surface area contributed by atoms with Gasteiger partial charge in [-0.3, -0.25) is 0 Å². The minimum Gasteiger partial charge on any atom is -0.205 e. The quantitative estimate of drug-likeness (QED) is 0.669. The standard InChI is InChI=1S/C13H8Cl2F2S/c14-10-5-8(1-3-12(10)16)7-18-9-2-4-13(17)11(15)6-9/h1-6H,7H2. The molecular weight excluding hydrogens is 297 g/mol. The summed E-state index contributed by atoms with van der Waals surface area (Å²) in [7, 11) is 0. The predicted octanol–water partition coefficient (Wildman–Crippen LogP) is 5.56. The van der Waals surface area contributed by atoms with Crippen LogP contribution >= 0.6 is 35.0 Å². The Bertz CT molecular complexity index is 521. The van der Waals surface area contributed by atoms with Gasteiger partial charge >= 0.3 is 0 Å². The SMILES string of the molecule is Fc1ccc(CSc2ccc(F)c(Cl)c2)cc1Cl. The molecule has 0 aliphatic heterocycles. The highest BCUT2D eigenvalue weighted by Gasteiger charge is 2.04. The van der Waals surface area contributed by atoms with E-state index in [1.54, 1.807) is 24.3 Å². The number of halogens is 4. The molecule has 0 bridgehead atoms. The van der Waals surface area contributed by atoms with Gasteiger partial charge in [0.25, 0.3) is 0 Å².